The number of anilines is 1. The normalized spacial score (nSPS) is 35.9. The highest BCUT2D eigenvalue weighted by Gasteiger charge is 2.61. The fourth-order valence-corrected chi connectivity index (χ4v) is 7.87. The number of carboxylic acids is 2. The number of rotatable bonds is 18. The van der Waals surface area contributed by atoms with E-state index in [1.165, 1.54) is 0 Å². The zero-order valence-corrected chi connectivity index (χ0v) is 32.9. The lowest BCUT2D eigenvalue weighted by Gasteiger charge is -2.49. The zero-order valence-electron chi connectivity index (χ0n) is 32.0. The monoisotopic (exact) mass is 905 g/mol. The maximum Gasteiger partial charge on any atom is 0.475 e. The number of amides is 2. The third kappa shape index (κ3) is 11.0. The van der Waals surface area contributed by atoms with E-state index in [-0.39, 0.29) is 5.82 Å². The number of hydrogen-bond donors (Lipinski definition) is 15. The van der Waals surface area contributed by atoms with Crippen molar-refractivity contribution in [3.63, 3.8) is 0 Å². The Morgan fingerprint density at radius 1 is 0.918 bits per heavy atom. The van der Waals surface area contributed by atoms with Crippen molar-refractivity contribution in [2.75, 3.05) is 25.6 Å². The highest BCUT2D eigenvalue weighted by molar-refractivity contribution is 7.47. The van der Waals surface area contributed by atoms with Gasteiger partial charge < -0.3 is 96.4 Å². The summed E-state index contributed by atoms with van der Waals surface area (Å²) in [5, 5.41) is 120. The molecule has 0 radical (unpaired) electrons. The minimum atomic E-state index is -5.81. The molecule has 1 aromatic heterocycles. The quantitative estimate of drug-likeness (QED) is 0.0608. The average molecular weight is 906 g/mol. The van der Waals surface area contributed by atoms with Gasteiger partial charge in [0.2, 0.25) is 11.8 Å². The van der Waals surface area contributed by atoms with Gasteiger partial charge >= 0.3 is 25.5 Å². The van der Waals surface area contributed by atoms with Gasteiger partial charge in [0, 0.05) is 32.9 Å². The molecule has 1 aromatic rings. The first-order valence-electron chi connectivity index (χ1n) is 18.0. The third-order valence-electron chi connectivity index (χ3n) is 9.82. The highest BCUT2D eigenvalue weighted by atomic mass is 31.2. The minimum Gasteiger partial charge on any atom is -0.477 e. The smallest absolute Gasteiger partial charge is 0.475 e. The molecule has 17 atom stereocenters. The fraction of sp³-hybridized carbons (Fsp3) is 0.742. The Kier molecular flexibility index (Phi) is 16.1. The summed E-state index contributed by atoms with van der Waals surface area (Å²) >= 11 is 0. The molecule has 61 heavy (non-hydrogen) atoms. The van der Waals surface area contributed by atoms with Crippen LogP contribution in [0, 0.1) is 0 Å². The minimum absolute atomic E-state index is 0.196. The second-order valence-electron chi connectivity index (χ2n) is 14.3. The van der Waals surface area contributed by atoms with Crippen molar-refractivity contribution in [1.29, 1.82) is 0 Å². The molecule has 16 N–H and O–H groups in total. The molecule has 346 valence electrons. The van der Waals surface area contributed by atoms with Gasteiger partial charge in [0.15, 0.2) is 6.23 Å². The lowest BCUT2D eigenvalue weighted by molar-refractivity contribution is -0.341. The van der Waals surface area contributed by atoms with Crippen LogP contribution in [0.15, 0.2) is 17.1 Å². The molecule has 0 spiro atoms. The topological polar surface area (TPSA) is 468 Å². The number of phosphoric ester groups is 1. The summed E-state index contributed by atoms with van der Waals surface area (Å²) in [5.41, 5.74) is 4.43. The van der Waals surface area contributed by atoms with E-state index in [9.17, 15) is 89.6 Å². The molecular weight excluding hydrogens is 857 g/mol. The summed E-state index contributed by atoms with van der Waals surface area (Å²) < 4.78 is 45.6. The van der Waals surface area contributed by atoms with Gasteiger partial charge in [0.25, 0.3) is 11.6 Å². The van der Waals surface area contributed by atoms with Crippen molar-refractivity contribution in [2.24, 2.45) is 0 Å². The van der Waals surface area contributed by atoms with Crippen molar-refractivity contribution in [1.82, 2.24) is 20.2 Å². The van der Waals surface area contributed by atoms with E-state index in [0.717, 1.165) is 30.7 Å². The summed E-state index contributed by atoms with van der Waals surface area (Å²) in [6.45, 7) is -1.87. The predicted molar refractivity (Wildman–Crippen MR) is 190 cm³/mol. The maximum absolute atomic E-state index is 13.3. The average Bonchev–Trinajstić information content (AvgIpc) is 3.45. The number of aliphatic carboxylic acids is 2. The van der Waals surface area contributed by atoms with Crippen LogP contribution in [-0.4, -0.2) is 205 Å². The van der Waals surface area contributed by atoms with Gasteiger partial charge in [-0.25, -0.2) is 23.5 Å². The molecule has 0 bridgehead atoms. The SMILES string of the molecule is CC(=O)N[C@H]1[C@H]([C@H](O)[C@H](O)CO)O[C@@](O[C@H](CO)[C@@H](O)[C@@H]2O[C@](OP(=O)(O)OC[C@H]3O[C@@H](n4ccc(N)nc4=O)[C@H](O)[C@@H]3O)(C(=O)O)C[C@H](O)[C@H]2NC(C)=O)(C(=O)O)C[C@@H]1O. The van der Waals surface area contributed by atoms with E-state index in [1.807, 2.05) is 0 Å². The van der Waals surface area contributed by atoms with Crippen molar-refractivity contribution >= 4 is 37.4 Å². The van der Waals surface area contributed by atoms with Crippen molar-refractivity contribution in [3.05, 3.63) is 22.7 Å². The van der Waals surface area contributed by atoms with Crippen LogP contribution in [0.4, 0.5) is 5.82 Å². The van der Waals surface area contributed by atoms with E-state index in [2.05, 4.69) is 15.6 Å². The summed E-state index contributed by atoms with van der Waals surface area (Å²) in [4.78, 5) is 76.0. The first-order chi connectivity index (χ1) is 28.3. The van der Waals surface area contributed by atoms with E-state index < -0.39 is 167 Å². The number of nitrogens with one attached hydrogen (secondary N) is 2. The first kappa shape index (κ1) is 49.8. The van der Waals surface area contributed by atoms with Crippen molar-refractivity contribution in [2.45, 2.75) is 124 Å². The molecule has 0 aliphatic carbocycles. The van der Waals surface area contributed by atoms with Gasteiger partial charge in [0.1, 0.15) is 60.8 Å². The number of nitrogens with two attached hydrogens (primary N) is 1. The van der Waals surface area contributed by atoms with Gasteiger partial charge in [-0.3, -0.25) is 18.7 Å². The van der Waals surface area contributed by atoms with Crippen molar-refractivity contribution < 1.29 is 113 Å². The number of carbonyl (C=O) groups excluding carboxylic acids is 2. The number of nitrogen functional groups attached to an aromatic ring is 1. The number of ether oxygens (including phenoxy) is 4. The van der Waals surface area contributed by atoms with Crippen LogP contribution in [0.3, 0.4) is 0 Å². The van der Waals surface area contributed by atoms with Crippen molar-refractivity contribution in [3.8, 4) is 0 Å². The number of nitrogens with zero attached hydrogens (tertiary/aromatic N) is 2. The molecule has 2 amide bonds. The summed E-state index contributed by atoms with van der Waals surface area (Å²) in [6, 6.07) is -2.43. The molecule has 3 fully saturated rings. The Labute approximate surface area is 342 Å². The number of carbonyl (C=O) groups is 4. The fourth-order valence-electron chi connectivity index (χ4n) is 6.91. The Morgan fingerprint density at radius 2 is 1.44 bits per heavy atom. The molecule has 0 saturated carbocycles. The van der Waals surface area contributed by atoms with Crippen LogP contribution >= 0.6 is 7.82 Å². The van der Waals surface area contributed by atoms with E-state index >= 15 is 0 Å². The number of aromatic nitrogens is 2. The molecule has 30 heteroatoms. The number of carboxylic acid groups (broad SMARTS) is 2. The lowest BCUT2D eigenvalue weighted by atomic mass is 9.87. The van der Waals surface area contributed by atoms with Gasteiger partial charge in [-0.15, -0.1) is 0 Å². The zero-order chi connectivity index (χ0) is 45.9. The van der Waals surface area contributed by atoms with Crippen LogP contribution in [-0.2, 0) is 51.7 Å². The van der Waals surface area contributed by atoms with Gasteiger partial charge in [0.05, 0.1) is 44.1 Å². The molecular formula is C31H48N5O24P. The Bertz CT molecular complexity index is 1860. The third-order valence-corrected chi connectivity index (χ3v) is 10.8. The second kappa shape index (κ2) is 19.7. The van der Waals surface area contributed by atoms with Crippen LogP contribution in [0.5, 0.6) is 0 Å². The van der Waals surface area contributed by atoms with Crippen LogP contribution in [0.2, 0.25) is 0 Å². The van der Waals surface area contributed by atoms with E-state index in [1.54, 1.807) is 0 Å². The molecule has 4 rings (SSSR count). The van der Waals surface area contributed by atoms with E-state index in [0.29, 0.717) is 0 Å². The summed E-state index contributed by atoms with van der Waals surface area (Å²) in [5.74, 6) is -13.1. The van der Waals surface area contributed by atoms with Gasteiger partial charge in [-0.2, -0.15) is 4.98 Å². The van der Waals surface area contributed by atoms with Crippen LogP contribution < -0.4 is 22.1 Å². The number of aliphatic hydroxyl groups is 9. The molecule has 3 aliphatic rings. The maximum atomic E-state index is 13.3. The number of hydrogen-bond acceptors (Lipinski definition) is 23. The van der Waals surface area contributed by atoms with Gasteiger partial charge in [-0.05, 0) is 6.07 Å². The van der Waals surface area contributed by atoms with Crippen LogP contribution in [0.1, 0.15) is 32.9 Å². The predicted octanol–water partition coefficient (Wildman–Crippen LogP) is -8.10. The highest BCUT2D eigenvalue weighted by Crippen LogP contribution is 2.51. The van der Waals surface area contributed by atoms with E-state index in [4.69, 9.17) is 33.7 Å². The second-order valence-corrected chi connectivity index (χ2v) is 15.7. The largest absolute Gasteiger partial charge is 0.477 e. The lowest BCUT2D eigenvalue weighted by Crippen LogP contribution is -2.70. The Hall–Kier alpha value is -3.85. The molecule has 4 heterocycles. The van der Waals surface area contributed by atoms with Gasteiger partial charge in [-0.1, -0.05) is 0 Å². The Balaban J connectivity index is 1.62. The molecule has 3 saturated heterocycles. The summed E-state index contributed by atoms with van der Waals surface area (Å²) in [7, 11) is -5.81. The Morgan fingerprint density at radius 3 is 1.93 bits per heavy atom. The molecule has 29 nitrogen and oxygen atoms in total. The standard InChI is InChI=1S/C31H48N5O24P/c1-10(39)33-18-12(41)5-30(27(48)49,58-24(18)20(44)14(43)7-37)57-15(8-38)22(46)25-19(34-11(2)40)13(42)6-31(59-25,28(50)51)60-61(53,54)55-9-16-21(45)23(47)26(56-16)36-4-3-17(32)35-29(36)52/h3-4,12-16,18-26,37-38,41-47H,5-9H2,1-2H3,(H,33,39)(H,34,40)(H,48,49)(H,50,51)(H,53,54)(H2,32,35,52)/t12-,13-,14+,15+,16+,18+,19+,20+,21+,22+,23+,24+,25+,26+,30+,31+/m0/s1. The first-order valence-corrected chi connectivity index (χ1v) is 19.5. The molecule has 0 aromatic carbocycles. The summed E-state index contributed by atoms with van der Waals surface area (Å²) in [6.07, 6.45) is -26.6. The molecule has 1 unspecified atom stereocenters. The number of aliphatic hydroxyl groups excluding tert-OH is 9. The molecule has 3 aliphatic heterocycles. The van der Waals surface area contributed by atoms with Crippen LogP contribution in [0.25, 0.3) is 0 Å². The number of phosphoric acid groups is 1.